The van der Waals surface area contributed by atoms with Crippen molar-refractivity contribution in [3.8, 4) is 23.0 Å². The molecule has 1 heterocycles. The summed E-state index contributed by atoms with van der Waals surface area (Å²) >= 11 is 3.44. The third-order valence-electron chi connectivity index (χ3n) is 4.24. The van der Waals surface area contributed by atoms with Gasteiger partial charge in [0, 0.05) is 22.7 Å². The van der Waals surface area contributed by atoms with Gasteiger partial charge in [-0.15, -0.1) is 0 Å². The average molecular weight is 450 g/mol. The SMILES string of the molecule is COC(=O)/C=C1\Nc2cc(Br)ccc2OC1c1c(OC)cc(OC)cc1OC. The van der Waals surface area contributed by atoms with Gasteiger partial charge in [0.15, 0.2) is 6.10 Å². The van der Waals surface area contributed by atoms with Gasteiger partial charge in [0.05, 0.1) is 45.4 Å². The molecule has 1 atom stereocenters. The molecule has 148 valence electrons. The number of carbonyl (C=O) groups is 1. The first kappa shape index (κ1) is 19.9. The lowest BCUT2D eigenvalue weighted by molar-refractivity contribution is -0.134. The number of rotatable bonds is 5. The minimum Gasteiger partial charge on any atom is -0.496 e. The van der Waals surface area contributed by atoms with Crippen molar-refractivity contribution in [3.63, 3.8) is 0 Å². The number of hydrogen-bond acceptors (Lipinski definition) is 7. The molecular formula is C20H20BrNO6. The van der Waals surface area contributed by atoms with Crippen molar-refractivity contribution in [2.24, 2.45) is 0 Å². The number of esters is 1. The van der Waals surface area contributed by atoms with E-state index in [9.17, 15) is 4.79 Å². The molecule has 8 heteroatoms. The Morgan fingerprint density at radius 2 is 1.75 bits per heavy atom. The maximum atomic E-state index is 12.0. The van der Waals surface area contributed by atoms with Gasteiger partial charge in [0.1, 0.15) is 23.0 Å². The molecule has 2 aromatic rings. The highest BCUT2D eigenvalue weighted by Crippen LogP contribution is 2.47. The van der Waals surface area contributed by atoms with Gasteiger partial charge in [0.25, 0.3) is 0 Å². The smallest absolute Gasteiger partial charge is 0.332 e. The van der Waals surface area contributed by atoms with E-state index in [-0.39, 0.29) is 0 Å². The van der Waals surface area contributed by atoms with Crippen LogP contribution in [0.4, 0.5) is 5.69 Å². The van der Waals surface area contributed by atoms with Crippen molar-refractivity contribution in [1.29, 1.82) is 0 Å². The maximum absolute atomic E-state index is 12.0. The van der Waals surface area contributed by atoms with Crippen LogP contribution in [0.1, 0.15) is 11.7 Å². The molecule has 0 amide bonds. The predicted octanol–water partition coefficient (Wildman–Crippen LogP) is 4.08. The van der Waals surface area contributed by atoms with E-state index >= 15 is 0 Å². The standard InChI is InChI=1S/C20H20BrNO6/c1-24-12-8-16(25-2)19(17(9-12)26-3)20-14(10-18(23)27-4)22-13-7-11(21)5-6-15(13)28-20/h5-10,20,22H,1-4H3/b14-10-. The number of fused-ring (bicyclic) bond motifs is 1. The third kappa shape index (κ3) is 3.87. The Kier molecular flexibility index (Phi) is 5.99. The van der Waals surface area contributed by atoms with E-state index in [1.807, 2.05) is 18.2 Å². The van der Waals surface area contributed by atoms with Gasteiger partial charge < -0.3 is 29.0 Å². The molecule has 0 spiro atoms. The number of hydrogen-bond donors (Lipinski definition) is 1. The summed E-state index contributed by atoms with van der Waals surface area (Å²) in [6.45, 7) is 0. The quantitative estimate of drug-likeness (QED) is 0.544. The Morgan fingerprint density at radius 1 is 1.07 bits per heavy atom. The second-order valence-corrected chi connectivity index (χ2v) is 6.75. The number of halogens is 1. The summed E-state index contributed by atoms with van der Waals surface area (Å²) in [6, 6.07) is 9.02. The molecule has 28 heavy (non-hydrogen) atoms. The van der Waals surface area contributed by atoms with Crippen LogP contribution in [0.15, 0.2) is 46.6 Å². The van der Waals surface area contributed by atoms with E-state index in [1.54, 1.807) is 33.5 Å². The highest BCUT2D eigenvalue weighted by Gasteiger charge is 2.32. The Morgan fingerprint density at radius 3 is 2.32 bits per heavy atom. The Balaban J connectivity index is 2.18. The van der Waals surface area contributed by atoms with Gasteiger partial charge in [-0.25, -0.2) is 4.79 Å². The van der Waals surface area contributed by atoms with Crippen molar-refractivity contribution in [2.45, 2.75) is 6.10 Å². The van der Waals surface area contributed by atoms with Gasteiger partial charge in [-0.3, -0.25) is 0 Å². The van der Waals surface area contributed by atoms with E-state index in [2.05, 4.69) is 21.2 Å². The molecular weight excluding hydrogens is 430 g/mol. The number of carbonyl (C=O) groups excluding carboxylic acids is 1. The van der Waals surface area contributed by atoms with Crippen molar-refractivity contribution in [1.82, 2.24) is 0 Å². The number of benzene rings is 2. The fourth-order valence-corrected chi connectivity index (χ4v) is 3.28. The molecule has 7 nitrogen and oxygen atoms in total. The van der Waals surface area contributed by atoms with Crippen LogP contribution >= 0.6 is 15.9 Å². The fourth-order valence-electron chi connectivity index (χ4n) is 2.92. The lowest BCUT2D eigenvalue weighted by Crippen LogP contribution is -2.24. The van der Waals surface area contributed by atoms with Crippen LogP contribution in [-0.2, 0) is 9.53 Å². The molecule has 2 aromatic carbocycles. The molecule has 0 aromatic heterocycles. The van der Waals surface area contributed by atoms with E-state index in [0.717, 1.165) is 4.47 Å². The van der Waals surface area contributed by atoms with Gasteiger partial charge in [-0.05, 0) is 18.2 Å². The van der Waals surface area contributed by atoms with E-state index < -0.39 is 12.1 Å². The lowest BCUT2D eigenvalue weighted by Gasteiger charge is -2.32. The van der Waals surface area contributed by atoms with Crippen molar-refractivity contribution >= 4 is 27.6 Å². The van der Waals surface area contributed by atoms with E-state index in [4.69, 9.17) is 23.7 Å². The maximum Gasteiger partial charge on any atom is 0.332 e. The second kappa shape index (κ2) is 8.43. The monoisotopic (exact) mass is 449 g/mol. The summed E-state index contributed by atoms with van der Waals surface area (Å²) in [5, 5.41) is 3.25. The highest BCUT2D eigenvalue weighted by atomic mass is 79.9. The zero-order chi connectivity index (χ0) is 20.3. The second-order valence-electron chi connectivity index (χ2n) is 5.83. The van der Waals surface area contributed by atoms with Crippen LogP contribution in [0.2, 0.25) is 0 Å². The molecule has 1 unspecified atom stereocenters. The molecule has 1 N–H and O–H groups in total. The Hall–Kier alpha value is -2.87. The lowest BCUT2D eigenvalue weighted by atomic mass is 10.0. The first-order valence-corrected chi connectivity index (χ1v) is 9.12. The average Bonchev–Trinajstić information content (AvgIpc) is 2.72. The third-order valence-corrected chi connectivity index (χ3v) is 4.73. The Bertz CT molecular complexity index is 902. The summed E-state index contributed by atoms with van der Waals surface area (Å²) in [4.78, 5) is 12.0. The van der Waals surface area contributed by atoms with Gasteiger partial charge in [-0.2, -0.15) is 0 Å². The molecule has 1 aliphatic heterocycles. The normalized spacial score (nSPS) is 16.5. The minimum atomic E-state index is -0.691. The fraction of sp³-hybridized carbons (Fsp3) is 0.250. The van der Waals surface area contributed by atoms with Crippen LogP contribution in [0, 0.1) is 0 Å². The highest BCUT2D eigenvalue weighted by molar-refractivity contribution is 9.10. The summed E-state index contributed by atoms with van der Waals surface area (Å²) in [7, 11) is 5.96. The molecule has 0 saturated carbocycles. The molecule has 0 fully saturated rings. The van der Waals surface area contributed by atoms with Crippen LogP contribution < -0.4 is 24.3 Å². The minimum absolute atomic E-state index is 0.485. The Labute approximate surface area is 171 Å². The van der Waals surface area contributed by atoms with Crippen molar-refractivity contribution in [3.05, 3.63) is 52.1 Å². The first-order chi connectivity index (χ1) is 13.5. The van der Waals surface area contributed by atoms with Gasteiger partial charge >= 0.3 is 5.97 Å². The van der Waals surface area contributed by atoms with Gasteiger partial charge in [0.2, 0.25) is 0 Å². The molecule has 0 aliphatic carbocycles. The summed E-state index contributed by atoms with van der Waals surface area (Å²) < 4.78 is 28.3. The molecule has 0 bridgehead atoms. The number of ether oxygens (including phenoxy) is 5. The number of nitrogens with one attached hydrogen (secondary N) is 1. The molecule has 1 aliphatic rings. The summed E-state index contributed by atoms with van der Waals surface area (Å²) in [5.41, 5.74) is 1.81. The van der Waals surface area contributed by atoms with Crippen molar-refractivity contribution < 1.29 is 28.5 Å². The van der Waals surface area contributed by atoms with Gasteiger partial charge in [-0.1, -0.05) is 15.9 Å². The van der Waals surface area contributed by atoms with Crippen molar-refractivity contribution in [2.75, 3.05) is 33.8 Å². The van der Waals surface area contributed by atoms with Crippen LogP contribution in [-0.4, -0.2) is 34.4 Å². The zero-order valence-electron chi connectivity index (χ0n) is 15.9. The number of methoxy groups -OCH3 is 4. The first-order valence-electron chi connectivity index (χ1n) is 8.33. The zero-order valence-corrected chi connectivity index (χ0v) is 17.5. The molecule has 0 saturated heterocycles. The van der Waals surface area contributed by atoms with Crippen LogP contribution in [0.25, 0.3) is 0 Å². The topological polar surface area (TPSA) is 75.3 Å². The van der Waals surface area contributed by atoms with Crippen LogP contribution in [0.5, 0.6) is 23.0 Å². The molecule has 3 rings (SSSR count). The molecule has 0 radical (unpaired) electrons. The predicted molar refractivity (Wildman–Crippen MR) is 107 cm³/mol. The van der Waals surface area contributed by atoms with E-state index in [0.29, 0.717) is 39.9 Å². The van der Waals surface area contributed by atoms with E-state index in [1.165, 1.54) is 13.2 Å². The van der Waals surface area contributed by atoms with Crippen LogP contribution in [0.3, 0.4) is 0 Å². The summed E-state index contributed by atoms with van der Waals surface area (Å²) in [6.07, 6.45) is 0.654. The summed E-state index contributed by atoms with van der Waals surface area (Å²) in [5.74, 6) is 1.68. The number of anilines is 1. The largest absolute Gasteiger partial charge is 0.496 e.